The summed E-state index contributed by atoms with van der Waals surface area (Å²) in [7, 11) is 0. The highest BCUT2D eigenvalue weighted by Gasteiger charge is 2.08. The standard InChI is InChI=1S/C16H13BrN6O2/c17-13-5-3-12(4-6-13)16(25)20-19-15(24)9-11-1-7-14(8-2-11)23-10-18-21-22-23/h1-8,10H,9H2,(H,19,24)(H,20,25). The Bertz CT molecular complexity index is 863. The molecule has 126 valence electrons. The van der Waals surface area contributed by atoms with Gasteiger partial charge in [0, 0.05) is 10.0 Å². The molecule has 0 aliphatic heterocycles. The third-order valence-corrected chi connectivity index (χ3v) is 3.87. The predicted molar refractivity (Wildman–Crippen MR) is 92.6 cm³/mol. The second-order valence-corrected chi connectivity index (χ2v) is 6.02. The van der Waals surface area contributed by atoms with Crippen LogP contribution in [-0.4, -0.2) is 32.0 Å². The van der Waals surface area contributed by atoms with Gasteiger partial charge >= 0.3 is 0 Å². The third kappa shape index (κ3) is 4.48. The second kappa shape index (κ2) is 7.67. The van der Waals surface area contributed by atoms with Crippen molar-refractivity contribution in [3.63, 3.8) is 0 Å². The van der Waals surface area contributed by atoms with Gasteiger partial charge in [-0.3, -0.25) is 20.4 Å². The van der Waals surface area contributed by atoms with Gasteiger partial charge in [0.15, 0.2) is 0 Å². The molecule has 8 nitrogen and oxygen atoms in total. The number of halogens is 1. The fourth-order valence-corrected chi connectivity index (χ4v) is 2.34. The van der Waals surface area contributed by atoms with Crippen molar-refractivity contribution in [2.24, 2.45) is 0 Å². The Morgan fingerprint density at radius 3 is 2.36 bits per heavy atom. The van der Waals surface area contributed by atoms with Crippen LogP contribution in [0.4, 0.5) is 0 Å². The van der Waals surface area contributed by atoms with Crippen molar-refractivity contribution in [1.29, 1.82) is 0 Å². The lowest BCUT2D eigenvalue weighted by molar-refractivity contribution is -0.121. The van der Waals surface area contributed by atoms with Crippen molar-refractivity contribution in [3.05, 3.63) is 70.5 Å². The molecule has 25 heavy (non-hydrogen) atoms. The van der Waals surface area contributed by atoms with Crippen LogP contribution in [-0.2, 0) is 11.2 Å². The smallest absolute Gasteiger partial charge is 0.269 e. The number of rotatable bonds is 4. The average Bonchev–Trinajstić information content (AvgIpc) is 3.15. The van der Waals surface area contributed by atoms with Crippen LogP contribution < -0.4 is 10.9 Å². The number of nitrogens with zero attached hydrogens (tertiary/aromatic N) is 4. The van der Waals surface area contributed by atoms with Gasteiger partial charge in [0.05, 0.1) is 12.1 Å². The molecule has 2 amide bonds. The van der Waals surface area contributed by atoms with E-state index in [4.69, 9.17) is 0 Å². The van der Waals surface area contributed by atoms with Crippen molar-refractivity contribution < 1.29 is 9.59 Å². The lowest BCUT2D eigenvalue weighted by Crippen LogP contribution is -2.42. The number of benzene rings is 2. The van der Waals surface area contributed by atoms with E-state index < -0.39 is 0 Å². The Morgan fingerprint density at radius 2 is 1.72 bits per heavy atom. The van der Waals surface area contributed by atoms with Gasteiger partial charge in [0.2, 0.25) is 5.91 Å². The summed E-state index contributed by atoms with van der Waals surface area (Å²) < 4.78 is 2.39. The van der Waals surface area contributed by atoms with Gasteiger partial charge in [-0.1, -0.05) is 28.1 Å². The average molecular weight is 401 g/mol. The maximum absolute atomic E-state index is 11.9. The van der Waals surface area contributed by atoms with Crippen LogP contribution in [0.1, 0.15) is 15.9 Å². The van der Waals surface area contributed by atoms with E-state index in [0.717, 1.165) is 15.7 Å². The number of hydrogen-bond acceptors (Lipinski definition) is 5. The highest BCUT2D eigenvalue weighted by molar-refractivity contribution is 9.10. The van der Waals surface area contributed by atoms with Gasteiger partial charge in [-0.25, -0.2) is 4.68 Å². The minimum absolute atomic E-state index is 0.135. The lowest BCUT2D eigenvalue weighted by atomic mass is 10.1. The van der Waals surface area contributed by atoms with Crippen LogP contribution in [0, 0.1) is 0 Å². The number of aromatic nitrogens is 4. The number of carbonyl (C=O) groups is 2. The molecule has 2 aromatic carbocycles. The Kier molecular flexibility index (Phi) is 5.14. The summed E-state index contributed by atoms with van der Waals surface area (Å²) in [5.74, 6) is -0.699. The molecule has 0 aliphatic rings. The Labute approximate surface area is 151 Å². The molecular weight excluding hydrogens is 388 g/mol. The van der Waals surface area contributed by atoms with Gasteiger partial charge in [-0.05, 0) is 52.4 Å². The van der Waals surface area contributed by atoms with Gasteiger partial charge in [-0.15, -0.1) is 5.10 Å². The zero-order valence-corrected chi connectivity index (χ0v) is 14.5. The summed E-state index contributed by atoms with van der Waals surface area (Å²) in [6.45, 7) is 0. The summed E-state index contributed by atoms with van der Waals surface area (Å²) in [5.41, 5.74) is 6.83. The second-order valence-electron chi connectivity index (χ2n) is 5.11. The first-order valence-corrected chi connectivity index (χ1v) is 8.08. The molecule has 2 N–H and O–H groups in total. The predicted octanol–water partition coefficient (Wildman–Crippen LogP) is 1.43. The Morgan fingerprint density at radius 1 is 1.00 bits per heavy atom. The molecule has 3 aromatic rings. The largest absolute Gasteiger partial charge is 0.273 e. The molecule has 0 unspecified atom stereocenters. The van der Waals surface area contributed by atoms with Crippen LogP contribution in [0.2, 0.25) is 0 Å². The van der Waals surface area contributed by atoms with E-state index in [1.165, 1.54) is 11.0 Å². The minimum atomic E-state index is -0.380. The van der Waals surface area contributed by atoms with E-state index in [2.05, 4.69) is 42.3 Å². The number of hydrogen-bond donors (Lipinski definition) is 2. The molecule has 0 radical (unpaired) electrons. The monoisotopic (exact) mass is 400 g/mol. The van der Waals surface area contributed by atoms with Crippen molar-refractivity contribution in [2.45, 2.75) is 6.42 Å². The highest BCUT2D eigenvalue weighted by Crippen LogP contribution is 2.10. The molecule has 1 aromatic heterocycles. The lowest BCUT2D eigenvalue weighted by Gasteiger charge is -2.08. The molecule has 0 bridgehead atoms. The highest BCUT2D eigenvalue weighted by atomic mass is 79.9. The van der Waals surface area contributed by atoms with E-state index in [1.807, 2.05) is 0 Å². The van der Waals surface area contributed by atoms with E-state index in [-0.39, 0.29) is 18.2 Å². The minimum Gasteiger partial charge on any atom is -0.273 e. The molecule has 0 saturated heterocycles. The fraction of sp³-hybridized carbons (Fsp3) is 0.0625. The first kappa shape index (κ1) is 16.8. The number of carbonyl (C=O) groups excluding carboxylic acids is 2. The Hall–Kier alpha value is -3.07. The molecule has 9 heteroatoms. The van der Waals surface area contributed by atoms with Crippen molar-refractivity contribution in [1.82, 2.24) is 31.1 Å². The molecule has 0 aliphatic carbocycles. The van der Waals surface area contributed by atoms with Crippen molar-refractivity contribution in [2.75, 3.05) is 0 Å². The van der Waals surface area contributed by atoms with Gasteiger partial charge < -0.3 is 0 Å². The van der Waals surface area contributed by atoms with Gasteiger partial charge in [0.1, 0.15) is 6.33 Å². The van der Waals surface area contributed by atoms with E-state index >= 15 is 0 Å². The molecule has 3 rings (SSSR count). The van der Waals surface area contributed by atoms with Gasteiger partial charge in [-0.2, -0.15) is 0 Å². The molecule has 1 heterocycles. The SMILES string of the molecule is O=C(Cc1ccc(-n2cnnn2)cc1)NNC(=O)c1ccc(Br)cc1. The fourth-order valence-electron chi connectivity index (χ4n) is 2.08. The molecule has 0 saturated carbocycles. The molecule has 0 fully saturated rings. The number of tetrazole rings is 1. The van der Waals surface area contributed by atoms with Crippen LogP contribution in [0.15, 0.2) is 59.3 Å². The zero-order valence-electron chi connectivity index (χ0n) is 12.9. The quantitative estimate of drug-likeness (QED) is 0.644. The molecule has 0 spiro atoms. The van der Waals surface area contributed by atoms with E-state index in [0.29, 0.717) is 5.56 Å². The number of amides is 2. The van der Waals surface area contributed by atoms with Crippen LogP contribution in [0.5, 0.6) is 0 Å². The summed E-state index contributed by atoms with van der Waals surface area (Å²) in [4.78, 5) is 23.9. The summed E-state index contributed by atoms with van der Waals surface area (Å²) in [5, 5.41) is 10.9. The topological polar surface area (TPSA) is 102 Å². The van der Waals surface area contributed by atoms with Crippen LogP contribution >= 0.6 is 15.9 Å². The van der Waals surface area contributed by atoms with Crippen molar-refractivity contribution >= 4 is 27.7 Å². The molecular formula is C16H13BrN6O2. The summed E-state index contributed by atoms with van der Waals surface area (Å²) >= 11 is 3.30. The van der Waals surface area contributed by atoms with E-state index in [1.54, 1.807) is 48.5 Å². The van der Waals surface area contributed by atoms with Gasteiger partial charge in [0.25, 0.3) is 5.91 Å². The maximum Gasteiger partial charge on any atom is 0.269 e. The summed E-state index contributed by atoms with van der Waals surface area (Å²) in [6.07, 6.45) is 1.62. The first-order chi connectivity index (χ1) is 12.1. The first-order valence-electron chi connectivity index (χ1n) is 7.29. The van der Waals surface area contributed by atoms with Crippen molar-refractivity contribution in [3.8, 4) is 5.69 Å². The van der Waals surface area contributed by atoms with Crippen LogP contribution in [0.3, 0.4) is 0 Å². The molecule has 0 atom stereocenters. The summed E-state index contributed by atoms with van der Waals surface area (Å²) in [6, 6.07) is 14.0. The van der Waals surface area contributed by atoms with Crippen LogP contribution in [0.25, 0.3) is 5.69 Å². The zero-order chi connectivity index (χ0) is 17.6. The Balaban J connectivity index is 1.52. The maximum atomic E-state index is 11.9. The number of hydrazine groups is 1. The normalized spacial score (nSPS) is 10.3. The van der Waals surface area contributed by atoms with E-state index in [9.17, 15) is 9.59 Å². The number of nitrogens with one attached hydrogen (secondary N) is 2. The third-order valence-electron chi connectivity index (χ3n) is 3.34.